The number of amides is 1. The van der Waals surface area contributed by atoms with Crippen molar-refractivity contribution < 1.29 is 23.9 Å². The lowest BCUT2D eigenvalue weighted by atomic mass is 10.0. The van der Waals surface area contributed by atoms with Crippen molar-refractivity contribution in [1.82, 2.24) is 5.32 Å². The molecule has 0 fully saturated rings. The minimum Gasteiger partial charge on any atom is -0.469 e. The van der Waals surface area contributed by atoms with Gasteiger partial charge in [0.25, 0.3) is 0 Å². The molecule has 6 heteroatoms. The molecule has 0 aromatic rings. The Balaban J connectivity index is 4.01. The molecule has 0 aliphatic heterocycles. The van der Waals surface area contributed by atoms with Gasteiger partial charge in [-0.1, -0.05) is 13.8 Å². The molecule has 1 atom stereocenters. The highest BCUT2D eigenvalue weighted by Crippen LogP contribution is 2.06. The van der Waals surface area contributed by atoms with Crippen LogP contribution >= 0.6 is 0 Å². The summed E-state index contributed by atoms with van der Waals surface area (Å²) in [5.41, 5.74) is 0. The van der Waals surface area contributed by atoms with Crippen molar-refractivity contribution >= 4 is 17.8 Å². The second kappa shape index (κ2) is 9.35. The molecule has 0 aromatic carbocycles. The zero-order chi connectivity index (χ0) is 14.8. The number of unbranched alkanes of at least 4 members (excludes halogenated alkanes) is 1. The lowest BCUT2D eigenvalue weighted by Crippen LogP contribution is -2.44. The van der Waals surface area contributed by atoms with Gasteiger partial charge in [0.1, 0.15) is 6.04 Å². The lowest BCUT2D eigenvalue weighted by molar-refractivity contribution is -0.146. The maximum absolute atomic E-state index is 11.7. The van der Waals surface area contributed by atoms with Gasteiger partial charge in [0, 0.05) is 12.8 Å². The summed E-state index contributed by atoms with van der Waals surface area (Å²) < 4.78 is 9.13. The van der Waals surface area contributed by atoms with Crippen LogP contribution in [0.2, 0.25) is 0 Å². The minimum absolute atomic E-state index is 0.0357. The quantitative estimate of drug-likeness (QED) is 0.527. The van der Waals surface area contributed by atoms with Crippen LogP contribution in [0, 0.1) is 5.92 Å². The minimum atomic E-state index is -0.627. The van der Waals surface area contributed by atoms with Crippen LogP contribution in [0.4, 0.5) is 0 Å². The Morgan fingerprint density at radius 3 is 2.05 bits per heavy atom. The number of nitrogens with one attached hydrogen (secondary N) is 1. The molecule has 0 bridgehead atoms. The van der Waals surface area contributed by atoms with Gasteiger partial charge in [0.2, 0.25) is 5.91 Å². The van der Waals surface area contributed by atoms with E-state index < -0.39 is 12.0 Å². The van der Waals surface area contributed by atoms with Gasteiger partial charge < -0.3 is 14.8 Å². The maximum atomic E-state index is 11.7. The molecule has 0 saturated heterocycles. The number of esters is 2. The van der Waals surface area contributed by atoms with Crippen LogP contribution in [0.1, 0.15) is 39.5 Å². The van der Waals surface area contributed by atoms with Gasteiger partial charge in [-0.15, -0.1) is 0 Å². The van der Waals surface area contributed by atoms with E-state index in [4.69, 9.17) is 0 Å². The molecule has 0 rings (SSSR count). The van der Waals surface area contributed by atoms with Crippen molar-refractivity contribution in [2.24, 2.45) is 5.92 Å². The highest BCUT2D eigenvalue weighted by molar-refractivity contribution is 5.84. The van der Waals surface area contributed by atoms with E-state index in [9.17, 15) is 14.4 Å². The highest BCUT2D eigenvalue weighted by Gasteiger charge is 2.24. The van der Waals surface area contributed by atoms with E-state index in [0.717, 1.165) is 0 Å². The van der Waals surface area contributed by atoms with Crippen LogP contribution in [0.15, 0.2) is 0 Å². The van der Waals surface area contributed by atoms with E-state index in [-0.39, 0.29) is 24.2 Å². The number of hydrogen-bond acceptors (Lipinski definition) is 5. The third kappa shape index (κ3) is 7.43. The first kappa shape index (κ1) is 17.4. The lowest BCUT2D eigenvalue weighted by Gasteiger charge is -2.19. The monoisotopic (exact) mass is 273 g/mol. The summed E-state index contributed by atoms with van der Waals surface area (Å²) in [5, 5.41) is 2.64. The largest absolute Gasteiger partial charge is 0.469 e. The third-order valence-corrected chi connectivity index (χ3v) is 2.70. The molecule has 0 saturated carbocycles. The molecule has 0 spiro atoms. The summed E-state index contributed by atoms with van der Waals surface area (Å²) in [6, 6.07) is -0.627. The van der Waals surface area contributed by atoms with Crippen LogP contribution in [-0.2, 0) is 23.9 Å². The summed E-state index contributed by atoms with van der Waals surface area (Å²) in [5.74, 6) is -0.978. The summed E-state index contributed by atoms with van der Waals surface area (Å²) in [4.78, 5) is 34.0. The molecule has 1 N–H and O–H groups in total. The predicted octanol–water partition coefficient (Wildman–Crippen LogP) is 1.03. The Morgan fingerprint density at radius 1 is 1.00 bits per heavy atom. The number of carbonyl (C=O) groups excluding carboxylic acids is 3. The number of hydrogen-bond donors (Lipinski definition) is 1. The first-order valence-electron chi connectivity index (χ1n) is 6.36. The molecule has 0 heterocycles. The standard InChI is InChI=1S/C13H23NO5/c1-9(2)12(13(17)19-4)14-10(15)7-5-6-8-11(16)18-3/h9,12H,5-8H2,1-4H3,(H,14,15)/t12-/m0/s1. The Labute approximate surface area is 113 Å². The van der Waals surface area contributed by atoms with Crippen LogP contribution < -0.4 is 5.32 Å². The normalized spacial score (nSPS) is 11.8. The number of carbonyl (C=O) groups is 3. The fourth-order valence-electron chi connectivity index (χ4n) is 1.53. The Kier molecular flexibility index (Phi) is 8.57. The van der Waals surface area contributed by atoms with E-state index in [1.165, 1.54) is 14.2 Å². The van der Waals surface area contributed by atoms with Crippen molar-refractivity contribution in [2.75, 3.05) is 14.2 Å². The Bertz CT molecular complexity index is 314. The molecule has 0 unspecified atom stereocenters. The van der Waals surface area contributed by atoms with E-state index in [2.05, 4.69) is 14.8 Å². The molecular weight excluding hydrogens is 250 g/mol. The van der Waals surface area contributed by atoms with E-state index in [0.29, 0.717) is 19.3 Å². The molecule has 6 nitrogen and oxygen atoms in total. The van der Waals surface area contributed by atoms with Gasteiger partial charge in [0.05, 0.1) is 14.2 Å². The molecular formula is C13H23NO5. The van der Waals surface area contributed by atoms with E-state index in [1.54, 1.807) is 0 Å². The van der Waals surface area contributed by atoms with Crippen molar-refractivity contribution in [3.05, 3.63) is 0 Å². The Hall–Kier alpha value is -1.59. The van der Waals surface area contributed by atoms with Crippen molar-refractivity contribution in [3.63, 3.8) is 0 Å². The van der Waals surface area contributed by atoms with Gasteiger partial charge in [-0.25, -0.2) is 4.79 Å². The van der Waals surface area contributed by atoms with Gasteiger partial charge in [0.15, 0.2) is 0 Å². The van der Waals surface area contributed by atoms with Crippen LogP contribution in [-0.4, -0.2) is 38.1 Å². The highest BCUT2D eigenvalue weighted by atomic mass is 16.5. The topological polar surface area (TPSA) is 81.7 Å². The van der Waals surface area contributed by atoms with Crippen LogP contribution in [0.25, 0.3) is 0 Å². The zero-order valence-electron chi connectivity index (χ0n) is 12.0. The first-order valence-corrected chi connectivity index (χ1v) is 6.36. The van der Waals surface area contributed by atoms with Crippen molar-refractivity contribution in [3.8, 4) is 0 Å². The number of methoxy groups -OCH3 is 2. The number of ether oxygens (including phenoxy) is 2. The fraction of sp³-hybridized carbons (Fsp3) is 0.769. The van der Waals surface area contributed by atoms with Crippen LogP contribution in [0.5, 0.6) is 0 Å². The Morgan fingerprint density at radius 2 is 1.58 bits per heavy atom. The molecule has 0 aliphatic rings. The smallest absolute Gasteiger partial charge is 0.328 e. The molecule has 19 heavy (non-hydrogen) atoms. The SMILES string of the molecule is COC(=O)CCCCC(=O)N[C@H](C(=O)OC)C(C)C. The predicted molar refractivity (Wildman–Crippen MR) is 69.3 cm³/mol. The summed E-state index contributed by atoms with van der Waals surface area (Å²) >= 11 is 0. The van der Waals surface area contributed by atoms with E-state index in [1.807, 2.05) is 13.8 Å². The van der Waals surface area contributed by atoms with Gasteiger partial charge in [-0.05, 0) is 18.8 Å². The fourth-order valence-corrected chi connectivity index (χ4v) is 1.53. The summed E-state index contributed by atoms with van der Waals surface area (Å²) in [6.45, 7) is 3.66. The zero-order valence-corrected chi connectivity index (χ0v) is 12.0. The average Bonchev–Trinajstić information content (AvgIpc) is 2.39. The number of rotatable bonds is 8. The summed E-state index contributed by atoms with van der Waals surface area (Å²) in [6.07, 6.45) is 1.74. The maximum Gasteiger partial charge on any atom is 0.328 e. The third-order valence-electron chi connectivity index (χ3n) is 2.70. The molecule has 110 valence electrons. The summed E-state index contributed by atoms with van der Waals surface area (Å²) in [7, 11) is 2.62. The molecule has 0 radical (unpaired) electrons. The van der Waals surface area contributed by atoms with Gasteiger partial charge >= 0.3 is 11.9 Å². The van der Waals surface area contributed by atoms with Gasteiger partial charge in [-0.2, -0.15) is 0 Å². The molecule has 0 aliphatic carbocycles. The first-order chi connectivity index (χ1) is 8.92. The van der Waals surface area contributed by atoms with E-state index >= 15 is 0 Å². The molecule has 0 aromatic heterocycles. The van der Waals surface area contributed by atoms with Gasteiger partial charge in [-0.3, -0.25) is 9.59 Å². The average molecular weight is 273 g/mol. The molecule has 1 amide bonds. The second-order valence-electron chi connectivity index (χ2n) is 4.60. The van der Waals surface area contributed by atoms with Crippen molar-refractivity contribution in [2.45, 2.75) is 45.6 Å². The van der Waals surface area contributed by atoms with Crippen molar-refractivity contribution in [1.29, 1.82) is 0 Å². The second-order valence-corrected chi connectivity index (χ2v) is 4.60. The van der Waals surface area contributed by atoms with Crippen LogP contribution in [0.3, 0.4) is 0 Å².